The highest BCUT2D eigenvalue weighted by Gasteiger charge is 2.38. The van der Waals surface area contributed by atoms with Gasteiger partial charge in [0.05, 0.1) is 29.6 Å². The van der Waals surface area contributed by atoms with Crippen LogP contribution in [-0.2, 0) is 16.1 Å². The minimum Gasteiger partial charge on any atom is -0.462 e. The van der Waals surface area contributed by atoms with Gasteiger partial charge in [-0.2, -0.15) is 4.39 Å². The number of primary amides is 1. The van der Waals surface area contributed by atoms with Gasteiger partial charge in [-0.15, -0.1) is 11.8 Å². The number of carbonyl (C=O) groups excluding carboxylic acids is 2. The minimum atomic E-state index is -1.25. The van der Waals surface area contributed by atoms with E-state index in [9.17, 15) is 18.8 Å². The number of hydrogen-bond acceptors (Lipinski definition) is 6. The van der Waals surface area contributed by atoms with Gasteiger partial charge in [0.15, 0.2) is 0 Å². The summed E-state index contributed by atoms with van der Waals surface area (Å²) in [5.74, 6) is -4.27. The molecule has 7 nitrogen and oxygen atoms in total. The van der Waals surface area contributed by atoms with Crippen molar-refractivity contribution in [1.29, 1.82) is 0 Å². The summed E-state index contributed by atoms with van der Waals surface area (Å²) in [5, 5.41) is 2.55. The highest BCUT2D eigenvalue weighted by atomic mass is 32.2. The van der Waals surface area contributed by atoms with E-state index in [4.69, 9.17) is 10.5 Å². The molecule has 1 atom stereocenters. The number of pyridine rings is 1. The summed E-state index contributed by atoms with van der Waals surface area (Å²) in [6, 6.07) is 4.25. The van der Waals surface area contributed by atoms with E-state index < -0.39 is 40.7 Å². The highest BCUT2D eigenvalue weighted by molar-refractivity contribution is 7.98. The number of thioether (sulfide) groups is 1. The normalized spacial score (nSPS) is 17.3. The van der Waals surface area contributed by atoms with Gasteiger partial charge < -0.3 is 20.4 Å². The highest BCUT2D eigenvalue weighted by Crippen LogP contribution is 2.37. The van der Waals surface area contributed by atoms with Crippen molar-refractivity contribution in [2.45, 2.75) is 36.6 Å². The van der Waals surface area contributed by atoms with Gasteiger partial charge >= 0.3 is 5.97 Å². The van der Waals surface area contributed by atoms with Crippen LogP contribution in [0.3, 0.4) is 0 Å². The number of nitrogens with two attached hydrogens (primary N) is 1. The first-order valence-electron chi connectivity index (χ1n) is 9.85. The largest absolute Gasteiger partial charge is 0.462 e. The van der Waals surface area contributed by atoms with Crippen LogP contribution in [0.25, 0.3) is 0 Å². The Bertz CT molecular complexity index is 1130. The lowest BCUT2D eigenvalue weighted by Crippen LogP contribution is -2.30. The molecule has 1 aliphatic heterocycles. The molecule has 164 valence electrons. The standard InChI is InChI=1S/C21H21F2N3O4S/c1-31-11-4-5-14(13(22)8-11)25-17-15(21(29)30-9-10-2-3-10)18-12(19(24)27)6-7-26(18)20(28)16(17)23/h4-5,8,10,12,25H,2-3,6-7,9H2,1H3,(H2,24,27). The molecule has 0 radical (unpaired) electrons. The lowest BCUT2D eigenvalue weighted by molar-refractivity contribution is -0.119. The molecule has 10 heteroatoms. The van der Waals surface area contributed by atoms with Crippen LogP contribution in [0.5, 0.6) is 0 Å². The number of anilines is 2. The monoisotopic (exact) mass is 449 g/mol. The van der Waals surface area contributed by atoms with E-state index in [0.29, 0.717) is 4.90 Å². The third-order valence-electron chi connectivity index (χ3n) is 5.55. The SMILES string of the molecule is CSc1ccc(Nc2c(C(=O)OCC3CC3)c3n(c(=O)c2F)CCC3C(N)=O)c(F)c1. The summed E-state index contributed by atoms with van der Waals surface area (Å²) >= 11 is 1.33. The van der Waals surface area contributed by atoms with Crippen molar-refractivity contribution in [2.24, 2.45) is 11.7 Å². The molecule has 1 amide bonds. The lowest BCUT2D eigenvalue weighted by Gasteiger charge is -2.19. The summed E-state index contributed by atoms with van der Waals surface area (Å²) < 4.78 is 36.1. The van der Waals surface area contributed by atoms with Crippen LogP contribution < -0.4 is 16.6 Å². The van der Waals surface area contributed by atoms with Gasteiger partial charge in [0, 0.05) is 11.4 Å². The maximum Gasteiger partial charge on any atom is 0.342 e. The molecule has 0 saturated heterocycles. The number of hydrogen-bond donors (Lipinski definition) is 2. The first kappa shape index (κ1) is 21.4. The second kappa shape index (κ2) is 8.33. The van der Waals surface area contributed by atoms with E-state index in [1.165, 1.54) is 23.9 Å². The molecule has 3 N–H and O–H groups in total. The minimum absolute atomic E-state index is 0.00309. The molecule has 1 fully saturated rings. The van der Waals surface area contributed by atoms with Crippen LogP contribution in [0.1, 0.15) is 41.2 Å². The maximum absolute atomic E-state index is 15.1. The third kappa shape index (κ3) is 4.04. The molecule has 0 spiro atoms. The van der Waals surface area contributed by atoms with Crippen LogP contribution in [0.15, 0.2) is 27.9 Å². The molecular formula is C21H21F2N3O4S. The Labute approximate surface area is 180 Å². The Morgan fingerprint density at radius 2 is 2.03 bits per heavy atom. The number of amides is 1. The summed E-state index contributed by atoms with van der Waals surface area (Å²) in [5.41, 5.74) is 3.54. The molecule has 1 aromatic carbocycles. The molecule has 0 bridgehead atoms. The second-order valence-electron chi connectivity index (χ2n) is 7.66. The number of nitrogens with one attached hydrogen (secondary N) is 1. The van der Waals surface area contributed by atoms with Crippen LogP contribution in [0.2, 0.25) is 0 Å². The summed E-state index contributed by atoms with van der Waals surface area (Å²) in [6.45, 7) is 0.190. The van der Waals surface area contributed by atoms with Gasteiger partial charge in [0.2, 0.25) is 11.7 Å². The van der Waals surface area contributed by atoms with E-state index >= 15 is 4.39 Å². The smallest absolute Gasteiger partial charge is 0.342 e. The molecule has 1 unspecified atom stereocenters. The fourth-order valence-electron chi connectivity index (χ4n) is 3.70. The number of rotatable bonds is 7. The summed E-state index contributed by atoms with van der Waals surface area (Å²) in [7, 11) is 0. The number of carbonyl (C=O) groups is 2. The van der Waals surface area contributed by atoms with Crippen molar-refractivity contribution in [3.05, 3.63) is 51.4 Å². The fourth-order valence-corrected chi connectivity index (χ4v) is 4.12. The third-order valence-corrected chi connectivity index (χ3v) is 6.28. The van der Waals surface area contributed by atoms with Crippen molar-refractivity contribution >= 4 is 35.0 Å². The Morgan fingerprint density at radius 1 is 1.29 bits per heavy atom. The molecule has 4 rings (SSSR count). The number of ether oxygens (including phenoxy) is 1. The van der Waals surface area contributed by atoms with Gasteiger partial charge in [-0.3, -0.25) is 9.59 Å². The van der Waals surface area contributed by atoms with Crippen molar-refractivity contribution in [3.8, 4) is 0 Å². The summed E-state index contributed by atoms with van der Waals surface area (Å²) in [4.78, 5) is 38.2. The van der Waals surface area contributed by atoms with Crippen LogP contribution >= 0.6 is 11.8 Å². The Morgan fingerprint density at radius 3 is 2.65 bits per heavy atom. The topological polar surface area (TPSA) is 103 Å². The van der Waals surface area contributed by atoms with E-state index in [1.807, 2.05) is 0 Å². The fraction of sp³-hybridized carbons (Fsp3) is 0.381. The number of fused-ring (bicyclic) bond motifs is 1. The van der Waals surface area contributed by atoms with Gasteiger partial charge in [0.25, 0.3) is 5.56 Å². The number of halogens is 2. The number of aromatic nitrogens is 1. The predicted molar refractivity (Wildman–Crippen MR) is 112 cm³/mol. The number of esters is 1. The zero-order chi connectivity index (χ0) is 22.3. The lowest BCUT2D eigenvalue weighted by atomic mass is 9.98. The number of nitrogens with zero attached hydrogens (tertiary/aromatic N) is 1. The second-order valence-corrected chi connectivity index (χ2v) is 8.54. The zero-order valence-corrected chi connectivity index (χ0v) is 17.6. The first-order valence-corrected chi connectivity index (χ1v) is 11.1. The Balaban J connectivity index is 1.85. The summed E-state index contributed by atoms with van der Waals surface area (Å²) in [6.07, 6.45) is 3.79. The number of benzene rings is 1. The first-order chi connectivity index (χ1) is 14.8. The molecule has 1 aromatic heterocycles. The van der Waals surface area contributed by atoms with E-state index in [-0.39, 0.29) is 42.4 Å². The molecule has 2 heterocycles. The van der Waals surface area contributed by atoms with E-state index in [2.05, 4.69) is 5.32 Å². The van der Waals surface area contributed by atoms with Crippen molar-refractivity contribution in [2.75, 3.05) is 18.2 Å². The van der Waals surface area contributed by atoms with Crippen LogP contribution in [0.4, 0.5) is 20.2 Å². The van der Waals surface area contributed by atoms with Gasteiger partial charge in [-0.1, -0.05) is 0 Å². The van der Waals surface area contributed by atoms with Crippen molar-refractivity contribution in [1.82, 2.24) is 4.57 Å². The van der Waals surface area contributed by atoms with Gasteiger partial charge in [-0.05, 0) is 49.6 Å². The van der Waals surface area contributed by atoms with Crippen molar-refractivity contribution in [3.63, 3.8) is 0 Å². The zero-order valence-electron chi connectivity index (χ0n) is 16.7. The Kier molecular flexibility index (Phi) is 5.74. The molecule has 1 saturated carbocycles. The molecule has 2 aliphatic rings. The average Bonchev–Trinajstić information content (AvgIpc) is 3.47. The quantitative estimate of drug-likeness (QED) is 0.497. The Hall–Kier alpha value is -2.88. The molecule has 2 aromatic rings. The maximum atomic E-state index is 15.1. The van der Waals surface area contributed by atoms with Gasteiger partial charge in [0.1, 0.15) is 11.4 Å². The molecule has 1 aliphatic carbocycles. The van der Waals surface area contributed by atoms with Crippen LogP contribution in [0, 0.1) is 17.6 Å². The molecule has 31 heavy (non-hydrogen) atoms. The molecular weight excluding hydrogens is 428 g/mol. The van der Waals surface area contributed by atoms with Crippen molar-refractivity contribution < 1.29 is 23.1 Å². The van der Waals surface area contributed by atoms with Gasteiger partial charge in [-0.25, -0.2) is 9.18 Å². The van der Waals surface area contributed by atoms with E-state index in [0.717, 1.165) is 17.4 Å². The average molecular weight is 449 g/mol. The van der Waals surface area contributed by atoms with Crippen LogP contribution in [-0.4, -0.2) is 29.3 Å². The van der Waals surface area contributed by atoms with E-state index in [1.54, 1.807) is 12.3 Å². The predicted octanol–water partition coefficient (Wildman–Crippen LogP) is 3.13.